The van der Waals surface area contributed by atoms with Crippen molar-refractivity contribution in [3.05, 3.63) is 53.3 Å². The third-order valence-electron chi connectivity index (χ3n) is 3.28. The summed E-state index contributed by atoms with van der Waals surface area (Å²) in [6.07, 6.45) is 0. The van der Waals surface area contributed by atoms with Gasteiger partial charge in [0.2, 0.25) is 5.91 Å². The number of anilines is 1. The van der Waals surface area contributed by atoms with Gasteiger partial charge in [0.25, 0.3) is 0 Å². The molecular formula is C15H13FN2O2. The van der Waals surface area contributed by atoms with Crippen molar-refractivity contribution in [2.45, 2.75) is 13.0 Å². The zero-order chi connectivity index (χ0) is 14.3. The maximum atomic E-state index is 13.5. The van der Waals surface area contributed by atoms with Crippen LogP contribution < -0.4 is 15.8 Å². The van der Waals surface area contributed by atoms with E-state index in [4.69, 9.17) is 10.5 Å². The summed E-state index contributed by atoms with van der Waals surface area (Å²) in [4.78, 5) is 11.5. The molecule has 1 aliphatic rings. The summed E-state index contributed by atoms with van der Waals surface area (Å²) in [5.41, 5.74) is 7.65. The Hall–Kier alpha value is -2.40. The van der Waals surface area contributed by atoms with Gasteiger partial charge in [0, 0.05) is 23.4 Å². The Balaban J connectivity index is 1.87. The van der Waals surface area contributed by atoms with Gasteiger partial charge in [-0.1, -0.05) is 12.1 Å². The molecule has 0 fully saturated rings. The molecule has 5 heteroatoms. The van der Waals surface area contributed by atoms with Crippen LogP contribution in [0.1, 0.15) is 17.2 Å². The van der Waals surface area contributed by atoms with Crippen molar-refractivity contribution in [1.29, 1.82) is 0 Å². The quantitative estimate of drug-likeness (QED) is 0.883. The number of ether oxygens (including phenoxy) is 1. The Bertz CT molecular complexity index is 700. The van der Waals surface area contributed by atoms with Crippen molar-refractivity contribution < 1.29 is 13.9 Å². The standard InChI is InChI=1S/C15H13FN2O2/c1-8-2-3-9(6-12(8)16)20-10-4-5-11-13(7-10)18-15(19)14(11)17/h2-7,14H,17H2,1H3,(H,18,19). The van der Waals surface area contributed by atoms with Crippen LogP contribution in [0.25, 0.3) is 0 Å². The number of nitrogens with two attached hydrogens (primary N) is 1. The third-order valence-corrected chi connectivity index (χ3v) is 3.28. The molecule has 102 valence electrons. The van der Waals surface area contributed by atoms with E-state index in [9.17, 15) is 9.18 Å². The Kier molecular flexibility index (Phi) is 2.91. The lowest BCUT2D eigenvalue weighted by Crippen LogP contribution is -2.19. The van der Waals surface area contributed by atoms with Crippen molar-refractivity contribution >= 4 is 11.6 Å². The molecule has 0 radical (unpaired) electrons. The molecule has 0 aliphatic carbocycles. The van der Waals surface area contributed by atoms with Gasteiger partial charge in [0.1, 0.15) is 23.4 Å². The molecule has 0 aromatic heterocycles. The Morgan fingerprint density at radius 2 is 1.90 bits per heavy atom. The lowest BCUT2D eigenvalue weighted by molar-refractivity contribution is -0.116. The van der Waals surface area contributed by atoms with Crippen LogP contribution in [0.4, 0.5) is 10.1 Å². The third kappa shape index (κ3) is 2.12. The molecule has 2 aromatic rings. The maximum Gasteiger partial charge on any atom is 0.245 e. The smallest absolute Gasteiger partial charge is 0.245 e. The van der Waals surface area contributed by atoms with Gasteiger partial charge in [0.05, 0.1) is 0 Å². The normalized spacial score (nSPS) is 16.8. The number of benzene rings is 2. The summed E-state index contributed by atoms with van der Waals surface area (Å²) in [5.74, 6) is 0.362. The van der Waals surface area contributed by atoms with Crippen molar-refractivity contribution in [3.8, 4) is 11.5 Å². The topological polar surface area (TPSA) is 64.3 Å². The fourth-order valence-corrected chi connectivity index (χ4v) is 2.10. The fourth-order valence-electron chi connectivity index (χ4n) is 2.10. The van der Waals surface area contributed by atoms with Gasteiger partial charge in [-0.25, -0.2) is 4.39 Å². The van der Waals surface area contributed by atoms with E-state index in [1.807, 2.05) is 0 Å². The molecule has 4 nitrogen and oxygen atoms in total. The molecular weight excluding hydrogens is 259 g/mol. The van der Waals surface area contributed by atoms with E-state index in [-0.39, 0.29) is 11.7 Å². The van der Waals surface area contributed by atoms with Crippen molar-refractivity contribution in [2.24, 2.45) is 5.73 Å². The second kappa shape index (κ2) is 4.61. The lowest BCUT2D eigenvalue weighted by atomic mass is 10.1. The van der Waals surface area contributed by atoms with Crippen molar-refractivity contribution in [1.82, 2.24) is 0 Å². The van der Waals surface area contributed by atoms with Gasteiger partial charge in [-0.2, -0.15) is 0 Å². The van der Waals surface area contributed by atoms with E-state index in [0.717, 1.165) is 5.56 Å². The number of fused-ring (bicyclic) bond motifs is 1. The number of hydrogen-bond donors (Lipinski definition) is 2. The summed E-state index contributed by atoms with van der Waals surface area (Å²) < 4.78 is 19.0. The van der Waals surface area contributed by atoms with Crippen LogP contribution in [0.5, 0.6) is 11.5 Å². The summed E-state index contributed by atoms with van der Waals surface area (Å²) in [6.45, 7) is 1.69. The first-order valence-electron chi connectivity index (χ1n) is 6.19. The zero-order valence-electron chi connectivity index (χ0n) is 10.8. The molecule has 2 aromatic carbocycles. The van der Waals surface area contributed by atoms with Crippen LogP contribution in [-0.2, 0) is 4.79 Å². The number of carbonyl (C=O) groups is 1. The summed E-state index contributed by atoms with van der Waals surface area (Å²) >= 11 is 0. The summed E-state index contributed by atoms with van der Waals surface area (Å²) in [5, 5.41) is 2.68. The number of halogens is 1. The minimum absolute atomic E-state index is 0.237. The highest BCUT2D eigenvalue weighted by Crippen LogP contribution is 2.34. The van der Waals surface area contributed by atoms with Gasteiger partial charge < -0.3 is 15.8 Å². The number of aryl methyl sites for hydroxylation is 1. The van der Waals surface area contributed by atoms with Crippen molar-refractivity contribution in [2.75, 3.05) is 5.32 Å². The van der Waals surface area contributed by atoms with Gasteiger partial charge >= 0.3 is 0 Å². The minimum atomic E-state index is -0.643. The molecule has 0 bridgehead atoms. The highest BCUT2D eigenvalue weighted by molar-refractivity contribution is 6.02. The van der Waals surface area contributed by atoms with Crippen LogP contribution in [0, 0.1) is 12.7 Å². The van der Waals surface area contributed by atoms with Crippen LogP contribution >= 0.6 is 0 Å². The number of hydrogen-bond acceptors (Lipinski definition) is 3. The Morgan fingerprint density at radius 1 is 1.20 bits per heavy atom. The molecule has 20 heavy (non-hydrogen) atoms. The largest absolute Gasteiger partial charge is 0.457 e. The van der Waals surface area contributed by atoms with Gasteiger partial charge in [-0.05, 0) is 24.6 Å². The SMILES string of the molecule is Cc1ccc(Oc2ccc3c(c2)NC(=O)C3N)cc1F. The van der Waals surface area contributed by atoms with Crippen LogP contribution in [0.2, 0.25) is 0 Å². The van der Waals surface area contributed by atoms with Crippen LogP contribution in [0.3, 0.4) is 0 Å². The van der Waals surface area contributed by atoms with E-state index in [1.54, 1.807) is 37.3 Å². The molecule has 3 N–H and O–H groups in total. The van der Waals surface area contributed by atoms with E-state index < -0.39 is 6.04 Å². The van der Waals surface area contributed by atoms with Crippen LogP contribution in [0.15, 0.2) is 36.4 Å². The molecule has 0 spiro atoms. The second-order valence-corrected chi connectivity index (χ2v) is 4.73. The zero-order valence-corrected chi connectivity index (χ0v) is 10.8. The minimum Gasteiger partial charge on any atom is -0.457 e. The first-order chi connectivity index (χ1) is 9.54. The number of nitrogens with one attached hydrogen (secondary N) is 1. The highest BCUT2D eigenvalue weighted by atomic mass is 19.1. The van der Waals surface area contributed by atoms with E-state index in [2.05, 4.69) is 5.32 Å². The molecule has 3 rings (SSSR count). The molecule has 0 saturated heterocycles. The maximum absolute atomic E-state index is 13.5. The number of amides is 1. The molecule has 0 saturated carbocycles. The fraction of sp³-hybridized carbons (Fsp3) is 0.133. The highest BCUT2D eigenvalue weighted by Gasteiger charge is 2.27. The molecule has 1 unspecified atom stereocenters. The summed E-state index contributed by atoms with van der Waals surface area (Å²) in [7, 11) is 0. The Labute approximate surface area is 115 Å². The average Bonchev–Trinajstić information content (AvgIpc) is 2.69. The number of rotatable bonds is 2. The molecule has 1 heterocycles. The second-order valence-electron chi connectivity index (χ2n) is 4.73. The monoisotopic (exact) mass is 272 g/mol. The van der Waals surface area contributed by atoms with E-state index >= 15 is 0 Å². The van der Waals surface area contributed by atoms with Gasteiger partial charge in [0.15, 0.2) is 0 Å². The molecule has 1 atom stereocenters. The van der Waals surface area contributed by atoms with Crippen LogP contribution in [-0.4, -0.2) is 5.91 Å². The van der Waals surface area contributed by atoms with Gasteiger partial charge in [-0.3, -0.25) is 4.79 Å². The van der Waals surface area contributed by atoms with E-state index in [1.165, 1.54) is 6.07 Å². The first kappa shape index (κ1) is 12.6. The van der Waals surface area contributed by atoms with Gasteiger partial charge in [-0.15, -0.1) is 0 Å². The average molecular weight is 272 g/mol. The number of carbonyl (C=O) groups excluding carboxylic acids is 1. The molecule has 1 amide bonds. The predicted octanol–water partition coefficient (Wildman–Crippen LogP) is 2.88. The molecule has 1 aliphatic heterocycles. The van der Waals surface area contributed by atoms with Crippen molar-refractivity contribution in [3.63, 3.8) is 0 Å². The summed E-state index contributed by atoms with van der Waals surface area (Å²) in [6, 6.07) is 9.14. The lowest BCUT2D eigenvalue weighted by Gasteiger charge is -2.08. The Morgan fingerprint density at radius 3 is 2.65 bits per heavy atom. The first-order valence-corrected chi connectivity index (χ1v) is 6.19. The predicted molar refractivity (Wildman–Crippen MR) is 73.2 cm³/mol. The van der Waals surface area contributed by atoms with E-state index in [0.29, 0.717) is 22.7 Å².